The van der Waals surface area contributed by atoms with E-state index >= 15 is 0 Å². The van der Waals surface area contributed by atoms with Gasteiger partial charge in [-0.1, -0.05) is 30.3 Å². The lowest BCUT2D eigenvalue weighted by molar-refractivity contribution is 0.436. The number of rotatable bonds is 2. The lowest BCUT2D eigenvalue weighted by Crippen LogP contribution is -2.01. The van der Waals surface area contributed by atoms with Crippen molar-refractivity contribution in [2.45, 2.75) is 25.7 Å². The van der Waals surface area contributed by atoms with Crippen molar-refractivity contribution in [3.63, 3.8) is 0 Å². The monoisotopic (exact) mass is 305 g/mol. The summed E-state index contributed by atoms with van der Waals surface area (Å²) in [5.74, 6) is 0.153. The zero-order valence-electron chi connectivity index (χ0n) is 13.2. The first-order chi connectivity index (χ1) is 11.3. The Hall–Kier alpha value is -2.62. The summed E-state index contributed by atoms with van der Waals surface area (Å²) in [6.07, 6.45) is 4.64. The molecule has 1 heterocycles. The SMILES string of the molecule is Cn1c(O)c(N=Nc2cccc3c2CCCC3)c2ccccc21. The summed E-state index contributed by atoms with van der Waals surface area (Å²) in [6.45, 7) is 0. The number of azo groups is 1. The first kappa shape index (κ1) is 14.0. The normalized spacial score (nSPS) is 14.5. The van der Waals surface area contributed by atoms with Crippen molar-refractivity contribution >= 4 is 22.3 Å². The minimum Gasteiger partial charge on any atom is -0.493 e. The van der Waals surface area contributed by atoms with Crippen molar-refractivity contribution in [2.75, 3.05) is 0 Å². The van der Waals surface area contributed by atoms with Crippen LogP contribution >= 0.6 is 0 Å². The molecule has 2 aromatic carbocycles. The number of para-hydroxylation sites is 1. The lowest BCUT2D eigenvalue weighted by atomic mass is 9.91. The summed E-state index contributed by atoms with van der Waals surface area (Å²) in [5.41, 5.74) is 5.11. The van der Waals surface area contributed by atoms with Crippen LogP contribution in [0.5, 0.6) is 5.88 Å². The average Bonchev–Trinajstić information content (AvgIpc) is 2.84. The van der Waals surface area contributed by atoms with Gasteiger partial charge in [-0.25, -0.2) is 0 Å². The fraction of sp³-hybridized carbons (Fsp3) is 0.263. The highest BCUT2D eigenvalue weighted by Gasteiger charge is 2.15. The molecule has 4 rings (SSSR count). The molecule has 0 bridgehead atoms. The van der Waals surface area contributed by atoms with Gasteiger partial charge in [0.15, 0.2) is 5.69 Å². The smallest absolute Gasteiger partial charge is 0.220 e. The Morgan fingerprint density at radius 2 is 1.78 bits per heavy atom. The Bertz CT molecular complexity index is 908. The largest absolute Gasteiger partial charge is 0.493 e. The quantitative estimate of drug-likeness (QED) is 0.652. The predicted octanol–water partition coefficient (Wildman–Crippen LogP) is 5.18. The maximum absolute atomic E-state index is 10.3. The number of aromatic hydroxyl groups is 1. The van der Waals surface area contributed by atoms with Gasteiger partial charge in [0.25, 0.3) is 0 Å². The zero-order chi connectivity index (χ0) is 15.8. The van der Waals surface area contributed by atoms with E-state index in [2.05, 4.69) is 16.3 Å². The second-order valence-electron chi connectivity index (χ2n) is 6.07. The van der Waals surface area contributed by atoms with Crippen molar-refractivity contribution in [2.24, 2.45) is 17.3 Å². The summed E-state index contributed by atoms with van der Waals surface area (Å²) in [7, 11) is 1.83. The molecule has 4 heteroatoms. The molecule has 0 unspecified atom stereocenters. The first-order valence-corrected chi connectivity index (χ1v) is 8.04. The van der Waals surface area contributed by atoms with Gasteiger partial charge in [-0.05, 0) is 48.9 Å². The van der Waals surface area contributed by atoms with Crippen LogP contribution in [0.1, 0.15) is 24.0 Å². The Morgan fingerprint density at radius 1 is 0.957 bits per heavy atom. The van der Waals surface area contributed by atoms with Crippen LogP contribution in [-0.2, 0) is 19.9 Å². The number of aryl methyl sites for hydroxylation is 2. The summed E-state index contributed by atoms with van der Waals surface area (Å²) < 4.78 is 1.74. The van der Waals surface area contributed by atoms with E-state index in [1.165, 1.54) is 24.0 Å². The van der Waals surface area contributed by atoms with E-state index < -0.39 is 0 Å². The van der Waals surface area contributed by atoms with Crippen LogP contribution in [-0.4, -0.2) is 9.67 Å². The molecule has 0 fully saturated rings. The van der Waals surface area contributed by atoms with E-state index in [1.807, 2.05) is 43.4 Å². The van der Waals surface area contributed by atoms with Gasteiger partial charge in [-0.2, -0.15) is 5.11 Å². The van der Waals surface area contributed by atoms with Crippen molar-refractivity contribution in [1.29, 1.82) is 0 Å². The van der Waals surface area contributed by atoms with Crippen LogP contribution in [0.3, 0.4) is 0 Å². The second kappa shape index (κ2) is 5.54. The highest BCUT2D eigenvalue weighted by molar-refractivity contribution is 5.94. The minimum absolute atomic E-state index is 0.153. The number of fused-ring (bicyclic) bond motifs is 2. The number of benzene rings is 2. The number of nitrogens with zero attached hydrogens (tertiary/aromatic N) is 3. The number of aromatic nitrogens is 1. The standard InChI is InChI=1S/C19H19N3O/c1-22-17-12-5-4-10-15(17)18(19(22)23)21-20-16-11-6-8-13-7-2-3-9-14(13)16/h4-6,8,10-12,23H,2-3,7,9H2,1H3. The van der Waals surface area contributed by atoms with Gasteiger partial charge >= 0.3 is 0 Å². The van der Waals surface area contributed by atoms with Crippen molar-refractivity contribution in [3.8, 4) is 5.88 Å². The van der Waals surface area contributed by atoms with E-state index in [-0.39, 0.29) is 5.88 Å². The third-order valence-electron chi connectivity index (χ3n) is 4.68. The van der Waals surface area contributed by atoms with Gasteiger partial charge in [-0.3, -0.25) is 0 Å². The fourth-order valence-corrected chi connectivity index (χ4v) is 3.42. The van der Waals surface area contributed by atoms with Crippen molar-refractivity contribution in [1.82, 2.24) is 4.57 Å². The molecular formula is C19H19N3O. The van der Waals surface area contributed by atoms with Crippen LogP contribution < -0.4 is 0 Å². The van der Waals surface area contributed by atoms with E-state index in [9.17, 15) is 5.11 Å². The Morgan fingerprint density at radius 3 is 2.70 bits per heavy atom. The molecule has 0 radical (unpaired) electrons. The molecular weight excluding hydrogens is 286 g/mol. The molecule has 1 N–H and O–H groups in total. The van der Waals surface area contributed by atoms with Gasteiger partial charge in [0.2, 0.25) is 5.88 Å². The molecule has 116 valence electrons. The number of hydrogen-bond donors (Lipinski definition) is 1. The molecule has 1 aliphatic rings. The topological polar surface area (TPSA) is 49.9 Å². The molecule has 0 saturated carbocycles. The van der Waals surface area contributed by atoms with Crippen LogP contribution in [0.2, 0.25) is 0 Å². The Balaban J connectivity index is 1.80. The molecule has 1 aromatic heterocycles. The maximum Gasteiger partial charge on any atom is 0.220 e. The summed E-state index contributed by atoms with van der Waals surface area (Å²) in [6, 6.07) is 14.1. The van der Waals surface area contributed by atoms with Crippen LogP contribution in [0.4, 0.5) is 11.4 Å². The molecule has 0 atom stereocenters. The highest BCUT2D eigenvalue weighted by Crippen LogP contribution is 2.39. The van der Waals surface area contributed by atoms with Gasteiger partial charge in [-0.15, -0.1) is 5.11 Å². The third kappa shape index (κ3) is 2.31. The maximum atomic E-state index is 10.3. The predicted molar refractivity (Wildman–Crippen MR) is 91.8 cm³/mol. The fourth-order valence-electron chi connectivity index (χ4n) is 3.42. The molecule has 3 aromatic rings. The van der Waals surface area contributed by atoms with Crippen molar-refractivity contribution in [3.05, 3.63) is 53.6 Å². The van der Waals surface area contributed by atoms with E-state index in [4.69, 9.17) is 0 Å². The Labute approximate surface area is 135 Å². The number of hydrogen-bond acceptors (Lipinski definition) is 3. The lowest BCUT2D eigenvalue weighted by Gasteiger charge is -2.16. The van der Waals surface area contributed by atoms with Crippen LogP contribution in [0, 0.1) is 0 Å². The van der Waals surface area contributed by atoms with Crippen LogP contribution in [0.25, 0.3) is 10.9 Å². The summed E-state index contributed by atoms with van der Waals surface area (Å²) in [5, 5.41) is 20.1. The van der Waals surface area contributed by atoms with Gasteiger partial charge in [0, 0.05) is 12.4 Å². The first-order valence-electron chi connectivity index (χ1n) is 8.04. The molecule has 0 amide bonds. The zero-order valence-corrected chi connectivity index (χ0v) is 13.2. The molecule has 4 nitrogen and oxygen atoms in total. The molecule has 23 heavy (non-hydrogen) atoms. The average molecular weight is 305 g/mol. The summed E-state index contributed by atoms with van der Waals surface area (Å²) >= 11 is 0. The molecule has 1 aliphatic carbocycles. The van der Waals surface area contributed by atoms with Crippen molar-refractivity contribution < 1.29 is 5.11 Å². The Kier molecular flexibility index (Phi) is 3.37. The third-order valence-corrected chi connectivity index (χ3v) is 4.68. The van der Waals surface area contributed by atoms with Gasteiger partial charge in [0.05, 0.1) is 11.2 Å². The van der Waals surface area contributed by atoms with Gasteiger partial charge in [0.1, 0.15) is 0 Å². The van der Waals surface area contributed by atoms with E-state index in [1.54, 1.807) is 4.57 Å². The molecule has 0 spiro atoms. The summed E-state index contributed by atoms with van der Waals surface area (Å²) in [4.78, 5) is 0. The van der Waals surface area contributed by atoms with Gasteiger partial charge < -0.3 is 9.67 Å². The molecule has 0 saturated heterocycles. The minimum atomic E-state index is 0.153. The van der Waals surface area contributed by atoms with E-state index in [0.717, 1.165) is 29.4 Å². The highest BCUT2D eigenvalue weighted by atomic mass is 16.3. The molecule has 0 aliphatic heterocycles. The van der Waals surface area contributed by atoms with Crippen LogP contribution in [0.15, 0.2) is 52.7 Å². The van der Waals surface area contributed by atoms with E-state index in [0.29, 0.717) is 5.69 Å². The second-order valence-corrected chi connectivity index (χ2v) is 6.07.